The molecule has 0 bridgehead atoms. The third-order valence-electron chi connectivity index (χ3n) is 3.26. The standard InChI is InChI=1S/C19H16BrClO6/c1-24-17-9-12(4-8-18(22)25-2)3-6-16(17)27-19(23)11-26-15-7-5-13(21)10-14(15)20/h3-10H,11H2,1-2H3/b8-4+. The van der Waals surface area contributed by atoms with Crippen LogP contribution in [0.2, 0.25) is 5.02 Å². The minimum atomic E-state index is -0.604. The lowest BCUT2D eigenvalue weighted by molar-refractivity contribution is -0.137. The Morgan fingerprint density at radius 3 is 2.48 bits per heavy atom. The fraction of sp³-hybridized carbons (Fsp3) is 0.158. The first-order valence-corrected chi connectivity index (χ1v) is 8.82. The number of esters is 2. The minimum absolute atomic E-state index is 0.233. The largest absolute Gasteiger partial charge is 0.493 e. The Morgan fingerprint density at radius 2 is 1.81 bits per heavy atom. The molecule has 142 valence electrons. The topological polar surface area (TPSA) is 71.1 Å². The molecule has 0 saturated heterocycles. The van der Waals surface area contributed by atoms with Gasteiger partial charge < -0.3 is 18.9 Å². The van der Waals surface area contributed by atoms with Crippen LogP contribution in [0.3, 0.4) is 0 Å². The van der Waals surface area contributed by atoms with Gasteiger partial charge in [0, 0.05) is 11.1 Å². The molecule has 0 fully saturated rings. The number of ether oxygens (including phenoxy) is 4. The number of hydrogen-bond donors (Lipinski definition) is 0. The average molecular weight is 456 g/mol. The van der Waals surface area contributed by atoms with Gasteiger partial charge >= 0.3 is 11.9 Å². The third-order valence-corrected chi connectivity index (χ3v) is 4.12. The van der Waals surface area contributed by atoms with Gasteiger partial charge in [-0.2, -0.15) is 0 Å². The number of carbonyl (C=O) groups is 2. The number of halogens is 2. The molecular formula is C19H16BrClO6. The minimum Gasteiger partial charge on any atom is -0.493 e. The second-order valence-corrected chi connectivity index (χ2v) is 6.40. The number of rotatable bonds is 7. The first kappa shape index (κ1) is 20.8. The number of hydrogen-bond acceptors (Lipinski definition) is 6. The van der Waals surface area contributed by atoms with Crippen LogP contribution in [-0.2, 0) is 14.3 Å². The van der Waals surface area contributed by atoms with Crippen molar-refractivity contribution in [2.75, 3.05) is 20.8 Å². The van der Waals surface area contributed by atoms with Gasteiger partial charge in [0.1, 0.15) is 5.75 Å². The predicted molar refractivity (Wildman–Crippen MR) is 104 cm³/mol. The maximum atomic E-state index is 12.1. The highest BCUT2D eigenvalue weighted by molar-refractivity contribution is 9.10. The molecule has 0 spiro atoms. The monoisotopic (exact) mass is 454 g/mol. The second kappa shape index (κ2) is 9.99. The van der Waals surface area contributed by atoms with E-state index in [0.717, 1.165) is 0 Å². The molecule has 2 rings (SSSR count). The second-order valence-electron chi connectivity index (χ2n) is 5.10. The van der Waals surface area contributed by atoms with E-state index in [2.05, 4.69) is 20.7 Å². The summed E-state index contributed by atoms with van der Waals surface area (Å²) in [6.45, 7) is -0.298. The van der Waals surface area contributed by atoms with Crippen LogP contribution in [-0.4, -0.2) is 32.8 Å². The average Bonchev–Trinajstić information content (AvgIpc) is 2.66. The van der Waals surface area contributed by atoms with Crippen LogP contribution >= 0.6 is 27.5 Å². The Hall–Kier alpha value is -2.51. The number of benzene rings is 2. The zero-order valence-electron chi connectivity index (χ0n) is 14.5. The van der Waals surface area contributed by atoms with Gasteiger partial charge in [0.2, 0.25) is 0 Å². The molecule has 27 heavy (non-hydrogen) atoms. The molecule has 2 aromatic carbocycles. The Bertz CT molecular complexity index is 865. The van der Waals surface area contributed by atoms with E-state index in [-0.39, 0.29) is 12.4 Å². The van der Waals surface area contributed by atoms with Crippen molar-refractivity contribution in [2.45, 2.75) is 0 Å². The molecular weight excluding hydrogens is 440 g/mol. The summed E-state index contributed by atoms with van der Waals surface area (Å²) >= 11 is 9.16. The fourth-order valence-corrected chi connectivity index (χ4v) is 2.78. The van der Waals surface area contributed by atoms with Crippen LogP contribution in [0, 0.1) is 0 Å². The van der Waals surface area contributed by atoms with Crippen LogP contribution < -0.4 is 14.2 Å². The van der Waals surface area contributed by atoms with Gasteiger partial charge in [-0.1, -0.05) is 17.7 Å². The molecule has 0 amide bonds. The van der Waals surface area contributed by atoms with E-state index in [1.165, 1.54) is 20.3 Å². The molecule has 0 aliphatic heterocycles. The quantitative estimate of drug-likeness (QED) is 0.352. The maximum absolute atomic E-state index is 12.1. The van der Waals surface area contributed by atoms with Crippen molar-refractivity contribution in [1.82, 2.24) is 0 Å². The lowest BCUT2D eigenvalue weighted by Gasteiger charge is -2.11. The Balaban J connectivity index is 2.02. The van der Waals surface area contributed by atoms with E-state index in [1.807, 2.05) is 0 Å². The highest BCUT2D eigenvalue weighted by atomic mass is 79.9. The Kier molecular flexibility index (Phi) is 7.69. The highest BCUT2D eigenvalue weighted by Gasteiger charge is 2.12. The Morgan fingerprint density at radius 1 is 1.07 bits per heavy atom. The number of methoxy groups -OCH3 is 2. The molecule has 0 aliphatic rings. The van der Waals surface area contributed by atoms with Crippen LogP contribution in [0.5, 0.6) is 17.2 Å². The fourth-order valence-electron chi connectivity index (χ4n) is 1.99. The lowest BCUT2D eigenvalue weighted by atomic mass is 10.2. The summed E-state index contributed by atoms with van der Waals surface area (Å²) in [6.07, 6.45) is 2.83. The molecule has 0 heterocycles. The van der Waals surface area contributed by atoms with E-state index in [9.17, 15) is 9.59 Å². The summed E-state index contributed by atoms with van der Waals surface area (Å²) in [6, 6.07) is 9.80. The molecule has 6 nitrogen and oxygen atoms in total. The van der Waals surface area contributed by atoms with E-state index in [0.29, 0.717) is 26.6 Å². The molecule has 0 unspecified atom stereocenters. The van der Waals surface area contributed by atoms with Gasteiger partial charge in [-0.25, -0.2) is 9.59 Å². The first-order chi connectivity index (χ1) is 12.9. The van der Waals surface area contributed by atoms with Crippen molar-refractivity contribution in [3.05, 3.63) is 57.5 Å². The number of carbonyl (C=O) groups excluding carboxylic acids is 2. The van der Waals surface area contributed by atoms with Gasteiger partial charge in [-0.05, 0) is 57.9 Å². The first-order valence-electron chi connectivity index (χ1n) is 7.65. The van der Waals surface area contributed by atoms with Crippen molar-refractivity contribution in [3.8, 4) is 17.2 Å². The van der Waals surface area contributed by atoms with E-state index in [4.69, 9.17) is 25.8 Å². The van der Waals surface area contributed by atoms with Crippen molar-refractivity contribution in [3.63, 3.8) is 0 Å². The SMILES string of the molecule is COC(=O)/C=C/c1ccc(OC(=O)COc2ccc(Cl)cc2Br)c(OC)c1. The van der Waals surface area contributed by atoms with Crippen LogP contribution in [0.25, 0.3) is 6.08 Å². The lowest BCUT2D eigenvalue weighted by Crippen LogP contribution is -2.18. The maximum Gasteiger partial charge on any atom is 0.349 e. The summed E-state index contributed by atoms with van der Waals surface area (Å²) in [5.41, 5.74) is 0.679. The molecule has 0 radical (unpaired) electrons. The van der Waals surface area contributed by atoms with E-state index in [1.54, 1.807) is 42.5 Å². The normalized spacial score (nSPS) is 10.5. The molecule has 0 atom stereocenters. The van der Waals surface area contributed by atoms with Crippen molar-refractivity contribution >= 4 is 45.5 Å². The van der Waals surface area contributed by atoms with E-state index >= 15 is 0 Å². The molecule has 0 aromatic heterocycles. The zero-order chi connectivity index (χ0) is 19.8. The molecule has 2 aromatic rings. The van der Waals surface area contributed by atoms with Gasteiger partial charge in [-0.3, -0.25) is 0 Å². The molecule has 8 heteroatoms. The smallest absolute Gasteiger partial charge is 0.349 e. The van der Waals surface area contributed by atoms with Crippen molar-refractivity contribution in [1.29, 1.82) is 0 Å². The van der Waals surface area contributed by atoms with Gasteiger partial charge in [0.25, 0.3) is 0 Å². The summed E-state index contributed by atoms with van der Waals surface area (Å²) < 4.78 is 21.1. The van der Waals surface area contributed by atoms with E-state index < -0.39 is 11.9 Å². The predicted octanol–water partition coefficient (Wildman–Crippen LogP) is 4.28. The van der Waals surface area contributed by atoms with Gasteiger partial charge in [-0.15, -0.1) is 0 Å². The molecule has 0 N–H and O–H groups in total. The van der Waals surface area contributed by atoms with Crippen molar-refractivity contribution in [2.24, 2.45) is 0 Å². The Labute approximate surface area is 169 Å². The molecule has 0 saturated carbocycles. The summed E-state index contributed by atoms with van der Waals surface area (Å²) in [7, 11) is 2.74. The van der Waals surface area contributed by atoms with Crippen LogP contribution in [0.15, 0.2) is 46.9 Å². The van der Waals surface area contributed by atoms with Gasteiger partial charge in [0.15, 0.2) is 18.1 Å². The van der Waals surface area contributed by atoms with Crippen LogP contribution in [0.1, 0.15) is 5.56 Å². The van der Waals surface area contributed by atoms with Crippen LogP contribution in [0.4, 0.5) is 0 Å². The summed E-state index contributed by atoms with van der Waals surface area (Å²) in [4.78, 5) is 23.2. The van der Waals surface area contributed by atoms with Crippen molar-refractivity contribution < 1.29 is 28.5 Å². The summed E-state index contributed by atoms with van der Waals surface area (Å²) in [5, 5.41) is 0.544. The highest BCUT2D eigenvalue weighted by Crippen LogP contribution is 2.30. The third kappa shape index (κ3) is 6.30. The zero-order valence-corrected chi connectivity index (χ0v) is 16.9. The van der Waals surface area contributed by atoms with Gasteiger partial charge in [0.05, 0.1) is 18.7 Å². The summed E-state index contributed by atoms with van der Waals surface area (Å²) in [5.74, 6) is -0.0471. The molecule has 0 aliphatic carbocycles.